The third-order valence-corrected chi connectivity index (χ3v) is 5.59. The normalized spacial score (nSPS) is 16.4. The molecule has 1 aliphatic carbocycles. The van der Waals surface area contributed by atoms with Crippen LogP contribution in [0.4, 0.5) is 0 Å². The summed E-state index contributed by atoms with van der Waals surface area (Å²) in [7, 11) is 0. The van der Waals surface area contributed by atoms with Gasteiger partial charge in [0.05, 0.1) is 11.1 Å². The van der Waals surface area contributed by atoms with Gasteiger partial charge in [-0.05, 0) is 42.0 Å². The van der Waals surface area contributed by atoms with E-state index in [1.54, 1.807) is 36.0 Å². The zero-order chi connectivity index (χ0) is 19.6. The number of esters is 1. The van der Waals surface area contributed by atoms with Crippen molar-refractivity contribution in [2.45, 2.75) is 31.6 Å². The van der Waals surface area contributed by atoms with Gasteiger partial charge in [0.15, 0.2) is 5.78 Å². The first-order chi connectivity index (χ1) is 12.8. The van der Waals surface area contributed by atoms with Crippen molar-refractivity contribution >= 4 is 40.7 Å². The van der Waals surface area contributed by atoms with Crippen LogP contribution >= 0.6 is 23.4 Å². The molecule has 0 radical (unpaired) electrons. The molecule has 0 N–H and O–H groups in total. The first kappa shape index (κ1) is 19.7. The third-order valence-electron chi connectivity index (χ3n) is 4.52. The Bertz CT molecular complexity index is 913. The number of carbonyl (C=O) groups is 2. The van der Waals surface area contributed by atoms with Crippen LogP contribution in [0, 0.1) is 5.41 Å². The number of Topliss-reactive ketones (excluding diaryl/α,β-unsaturated/α-hetero) is 1. The molecule has 0 saturated heterocycles. The van der Waals surface area contributed by atoms with E-state index in [2.05, 4.69) is 0 Å². The molecule has 0 unspecified atom stereocenters. The SMILES string of the molecule is CSc1ccc(C(=O)OC2=C(c3ccccc3Cl)C(=O)CC(C)(C)C2)cc1. The predicted octanol–water partition coefficient (Wildman–Crippen LogP) is 6.02. The second-order valence-electron chi connectivity index (χ2n) is 7.34. The highest BCUT2D eigenvalue weighted by atomic mass is 35.5. The van der Waals surface area contributed by atoms with Crippen LogP contribution in [0.25, 0.3) is 5.57 Å². The maximum atomic E-state index is 12.9. The number of thioether (sulfide) groups is 1. The minimum atomic E-state index is -0.465. The van der Waals surface area contributed by atoms with E-state index in [1.807, 2.05) is 44.4 Å². The Hall–Kier alpha value is -2.04. The molecule has 0 fully saturated rings. The zero-order valence-corrected chi connectivity index (χ0v) is 17.1. The van der Waals surface area contributed by atoms with E-state index in [1.165, 1.54) is 0 Å². The summed E-state index contributed by atoms with van der Waals surface area (Å²) >= 11 is 7.92. The van der Waals surface area contributed by atoms with E-state index in [0.29, 0.717) is 40.3 Å². The quantitative estimate of drug-likeness (QED) is 0.465. The lowest BCUT2D eigenvalue weighted by Crippen LogP contribution is -2.27. The number of allylic oxidation sites excluding steroid dienone is 2. The maximum Gasteiger partial charge on any atom is 0.343 e. The average Bonchev–Trinajstić information content (AvgIpc) is 2.62. The fourth-order valence-corrected chi connectivity index (χ4v) is 3.85. The molecule has 1 aliphatic rings. The number of benzene rings is 2. The van der Waals surface area contributed by atoms with Gasteiger partial charge < -0.3 is 4.74 Å². The van der Waals surface area contributed by atoms with Crippen LogP contribution in [0.2, 0.25) is 5.02 Å². The maximum absolute atomic E-state index is 12.9. The van der Waals surface area contributed by atoms with Gasteiger partial charge in [-0.2, -0.15) is 0 Å². The summed E-state index contributed by atoms with van der Waals surface area (Å²) in [4.78, 5) is 26.6. The van der Waals surface area contributed by atoms with Crippen molar-refractivity contribution in [2.75, 3.05) is 6.26 Å². The summed E-state index contributed by atoms with van der Waals surface area (Å²) < 4.78 is 5.73. The van der Waals surface area contributed by atoms with E-state index in [4.69, 9.17) is 16.3 Å². The lowest BCUT2D eigenvalue weighted by atomic mass is 9.75. The molecule has 0 bridgehead atoms. The van der Waals surface area contributed by atoms with Crippen molar-refractivity contribution in [3.05, 3.63) is 70.4 Å². The summed E-state index contributed by atoms with van der Waals surface area (Å²) in [6.45, 7) is 3.99. The van der Waals surface area contributed by atoms with E-state index in [0.717, 1.165) is 4.90 Å². The molecule has 2 aromatic rings. The van der Waals surface area contributed by atoms with Crippen LogP contribution in [-0.4, -0.2) is 18.0 Å². The summed E-state index contributed by atoms with van der Waals surface area (Å²) in [6.07, 6.45) is 2.86. The van der Waals surface area contributed by atoms with Gasteiger partial charge in [0.1, 0.15) is 5.76 Å². The van der Waals surface area contributed by atoms with Gasteiger partial charge in [0.2, 0.25) is 0 Å². The van der Waals surface area contributed by atoms with Gasteiger partial charge in [-0.3, -0.25) is 4.79 Å². The molecule has 0 amide bonds. The highest BCUT2D eigenvalue weighted by Crippen LogP contribution is 2.42. The summed E-state index contributed by atoms with van der Waals surface area (Å²) in [5.41, 5.74) is 1.20. The van der Waals surface area contributed by atoms with E-state index < -0.39 is 5.97 Å². The molecule has 2 aromatic carbocycles. The number of carbonyl (C=O) groups excluding carboxylic acids is 2. The van der Waals surface area contributed by atoms with Crippen LogP contribution in [-0.2, 0) is 9.53 Å². The zero-order valence-electron chi connectivity index (χ0n) is 15.5. The molecule has 0 heterocycles. The lowest BCUT2D eigenvalue weighted by molar-refractivity contribution is -0.116. The highest BCUT2D eigenvalue weighted by molar-refractivity contribution is 7.98. The van der Waals surface area contributed by atoms with Gasteiger partial charge >= 0.3 is 5.97 Å². The van der Waals surface area contributed by atoms with Gasteiger partial charge in [0.25, 0.3) is 0 Å². The molecule has 3 nitrogen and oxygen atoms in total. The first-order valence-electron chi connectivity index (χ1n) is 8.68. The molecule has 0 aromatic heterocycles. The fraction of sp³-hybridized carbons (Fsp3) is 0.273. The number of rotatable bonds is 4. The predicted molar refractivity (Wildman–Crippen MR) is 110 cm³/mol. The number of ketones is 1. The Morgan fingerprint density at radius 2 is 1.74 bits per heavy atom. The number of hydrogen-bond acceptors (Lipinski definition) is 4. The molecule has 0 atom stereocenters. The number of hydrogen-bond donors (Lipinski definition) is 0. The van der Waals surface area contributed by atoms with Gasteiger partial charge in [-0.1, -0.05) is 43.6 Å². The second-order valence-corrected chi connectivity index (χ2v) is 8.62. The van der Waals surface area contributed by atoms with E-state index >= 15 is 0 Å². The molecule has 27 heavy (non-hydrogen) atoms. The Balaban J connectivity index is 2.00. The Morgan fingerprint density at radius 1 is 1.07 bits per heavy atom. The van der Waals surface area contributed by atoms with Crippen molar-refractivity contribution in [3.63, 3.8) is 0 Å². The smallest absolute Gasteiger partial charge is 0.343 e. The molecule has 5 heteroatoms. The van der Waals surface area contributed by atoms with E-state index in [9.17, 15) is 9.59 Å². The monoisotopic (exact) mass is 400 g/mol. The summed E-state index contributed by atoms with van der Waals surface area (Å²) in [6, 6.07) is 14.4. The minimum absolute atomic E-state index is 0.0557. The molecule has 0 spiro atoms. The van der Waals surface area contributed by atoms with Gasteiger partial charge in [-0.25, -0.2) is 4.79 Å². The molecule has 3 rings (SSSR count). The van der Waals surface area contributed by atoms with Gasteiger partial charge in [-0.15, -0.1) is 11.8 Å². The van der Waals surface area contributed by atoms with E-state index in [-0.39, 0.29) is 11.2 Å². The summed E-state index contributed by atoms with van der Waals surface area (Å²) in [5.74, 6) is -0.129. The lowest BCUT2D eigenvalue weighted by Gasteiger charge is -2.31. The topological polar surface area (TPSA) is 43.4 Å². The van der Waals surface area contributed by atoms with Crippen LogP contribution < -0.4 is 0 Å². The largest absolute Gasteiger partial charge is 0.427 e. The van der Waals surface area contributed by atoms with Crippen LogP contribution in [0.15, 0.2) is 59.2 Å². The van der Waals surface area contributed by atoms with Crippen LogP contribution in [0.3, 0.4) is 0 Å². The molecular weight excluding hydrogens is 380 g/mol. The Labute approximate surface area is 168 Å². The van der Waals surface area contributed by atoms with Crippen molar-refractivity contribution in [2.24, 2.45) is 5.41 Å². The number of ether oxygens (including phenoxy) is 1. The van der Waals surface area contributed by atoms with Crippen LogP contribution in [0.5, 0.6) is 0 Å². The fourth-order valence-electron chi connectivity index (χ4n) is 3.21. The molecule has 0 aliphatic heterocycles. The Kier molecular flexibility index (Phi) is 5.78. The highest BCUT2D eigenvalue weighted by Gasteiger charge is 2.36. The standard InChI is InChI=1S/C22H21ClO3S/c1-22(2)12-18(24)20(16-6-4-5-7-17(16)23)19(13-22)26-21(25)14-8-10-15(27-3)11-9-14/h4-11H,12-13H2,1-3H3. The molecule has 140 valence electrons. The van der Waals surface area contributed by atoms with Crippen molar-refractivity contribution < 1.29 is 14.3 Å². The van der Waals surface area contributed by atoms with Crippen molar-refractivity contribution in [1.29, 1.82) is 0 Å². The third kappa shape index (κ3) is 4.45. The average molecular weight is 401 g/mol. The summed E-state index contributed by atoms with van der Waals surface area (Å²) in [5, 5.41) is 0.471. The molecular formula is C22H21ClO3S. The van der Waals surface area contributed by atoms with Gasteiger partial charge in [0, 0.05) is 28.3 Å². The van der Waals surface area contributed by atoms with Crippen molar-refractivity contribution in [3.8, 4) is 0 Å². The van der Waals surface area contributed by atoms with Crippen molar-refractivity contribution in [1.82, 2.24) is 0 Å². The molecule has 0 saturated carbocycles. The van der Waals surface area contributed by atoms with Crippen LogP contribution in [0.1, 0.15) is 42.6 Å². The number of halogens is 1. The second kappa shape index (κ2) is 7.91. The first-order valence-corrected chi connectivity index (χ1v) is 10.3. The Morgan fingerprint density at radius 3 is 2.37 bits per heavy atom. The minimum Gasteiger partial charge on any atom is -0.427 e.